The van der Waals surface area contributed by atoms with Crippen molar-refractivity contribution in [1.82, 2.24) is 0 Å². The van der Waals surface area contributed by atoms with E-state index in [1.54, 1.807) is 0 Å². The van der Waals surface area contributed by atoms with E-state index in [0.717, 1.165) is 0 Å². The fourth-order valence-corrected chi connectivity index (χ4v) is 2.55. The first kappa shape index (κ1) is 12.0. The number of carbonyl (C=O) groups is 1. The van der Waals surface area contributed by atoms with Crippen LogP contribution in [0.4, 0.5) is 5.69 Å². The summed E-state index contributed by atoms with van der Waals surface area (Å²) in [6.07, 6.45) is 0.469. The van der Waals surface area contributed by atoms with E-state index in [-0.39, 0.29) is 11.9 Å². The van der Waals surface area contributed by atoms with Gasteiger partial charge in [-0.25, -0.2) is 0 Å². The van der Waals surface area contributed by atoms with Gasteiger partial charge in [-0.05, 0) is 25.5 Å². The minimum Gasteiger partial charge on any atom is -0.466 e. The van der Waals surface area contributed by atoms with Crippen LogP contribution in [-0.4, -0.2) is 25.7 Å². The third-order valence-electron chi connectivity index (χ3n) is 3.60. The van der Waals surface area contributed by atoms with Crippen LogP contribution in [0.3, 0.4) is 0 Å². The van der Waals surface area contributed by atoms with E-state index in [9.17, 15) is 4.79 Å². The molecule has 2 unspecified atom stereocenters. The average Bonchev–Trinajstić information content (AvgIpc) is 2.56. The van der Waals surface area contributed by atoms with E-state index in [2.05, 4.69) is 31.0 Å². The number of benzene rings is 1. The molecule has 0 aliphatic carbocycles. The number of para-hydroxylation sites is 1. The van der Waals surface area contributed by atoms with Crippen LogP contribution in [-0.2, 0) is 9.53 Å². The van der Waals surface area contributed by atoms with Gasteiger partial charge in [0.1, 0.15) is 0 Å². The number of esters is 1. The van der Waals surface area contributed by atoms with Crippen molar-refractivity contribution in [2.75, 3.05) is 18.6 Å². The molecule has 0 fully saturated rings. The van der Waals surface area contributed by atoms with Crippen LogP contribution in [0.2, 0.25) is 0 Å². The third-order valence-corrected chi connectivity index (χ3v) is 3.60. The highest BCUT2D eigenvalue weighted by molar-refractivity contribution is 5.73. The maximum Gasteiger partial charge on any atom is 0.306 e. The first-order valence-corrected chi connectivity index (χ1v) is 6.12. The SMILES string of the molecule is CCOC(=O)CC1c2ccccc2N(C)C1C. The van der Waals surface area contributed by atoms with Crippen molar-refractivity contribution in [2.45, 2.75) is 32.2 Å². The third kappa shape index (κ3) is 2.14. The van der Waals surface area contributed by atoms with Gasteiger partial charge in [0.2, 0.25) is 0 Å². The van der Waals surface area contributed by atoms with Crippen molar-refractivity contribution in [2.24, 2.45) is 0 Å². The molecule has 3 heteroatoms. The molecule has 1 aromatic rings. The lowest BCUT2D eigenvalue weighted by atomic mass is 9.93. The Morgan fingerprint density at radius 1 is 1.41 bits per heavy atom. The van der Waals surface area contributed by atoms with Crippen molar-refractivity contribution in [3.63, 3.8) is 0 Å². The van der Waals surface area contributed by atoms with Crippen LogP contribution < -0.4 is 4.90 Å². The molecule has 1 aromatic carbocycles. The van der Waals surface area contributed by atoms with Gasteiger partial charge in [-0.15, -0.1) is 0 Å². The molecular formula is C14H19NO2. The molecule has 17 heavy (non-hydrogen) atoms. The van der Waals surface area contributed by atoms with Gasteiger partial charge in [0.15, 0.2) is 0 Å². The quantitative estimate of drug-likeness (QED) is 0.751. The van der Waals surface area contributed by atoms with Gasteiger partial charge < -0.3 is 9.64 Å². The lowest BCUT2D eigenvalue weighted by molar-refractivity contribution is -0.143. The summed E-state index contributed by atoms with van der Waals surface area (Å²) in [4.78, 5) is 13.9. The van der Waals surface area contributed by atoms with Crippen molar-refractivity contribution < 1.29 is 9.53 Å². The molecule has 2 atom stereocenters. The Hall–Kier alpha value is -1.51. The molecule has 0 N–H and O–H groups in total. The molecule has 1 aliphatic rings. The summed E-state index contributed by atoms with van der Waals surface area (Å²) in [5, 5.41) is 0. The maximum absolute atomic E-state index is 11.6. The lowest BCUT2D eigenvalue weighted by Gasteiger charge is -2.22. The maximum atomic E-state index is 11.6. The number of anilines is 1. The smallest absolute Gasteiger partial charge is 0.306 e. The first-order chi connectivity index (χ1) is 8.15. The second kappa shape index (κ2) is 4.78. The number of fused-ring (bicyclic) bond motifs is 1. The van der Waals surface area contributed by atoms with Gasteiger partial charge in [-0.1, -0.05) is 18.2 Å². The van der Waals surface area contributed by atoms with Crippen molar-refractivity contribution in [1.29, 1.82) is 0 Å². The Labute approximate surface area is 102 Å². The second-order valence-corrected chi connectivity index (χ2v) is 4.53. The number of carbonyl (C=O) groups excluding carboxylic acids is 1. The molecule has 92 valence electrons. The van der Waals surface area contributed by atoms with Crippen LogP contribution in [0.5, 0.6) is 0 Å². The van der Waals surface area contributed by atoms with Gasteiger partial charge in [-0.2, -0.15) is 0 Å². The normalized spacial score (nSPS) is 22.4. The topological polar surface area (TPSA) is 29.5 Å². The summed E-state index contributed by atoms with van der Waals surface area (Å²) < 4.78 is 5.04. The summed E-state index contributed by atoms with van der Waals surface area (Å²) in [5.74, 6) is 0.143. The summed E-state index contributed by atoms with van der Waals surface area (Å²) in [7, 11) is 2.08. The molecule has 0 saturated heterocycles. The number of rotatable bonds is 3. The molecule has 1 heterocycles. The molecule has 0 bridgehead atoms. The predicted molar refractivity (Wildman–Crippen MR) is 68.3 cm³/mol. The number of ether oxygens (including phenoxy) is 1. The van der Waals surface area contributed by atoms with E-state index >= 15 is 0 Å². The average molecular weight is 233 g/mol. The zero-order valence-electron chi connectivity index (χ0n) is 10.6. The summed E-state index contributed by atoms with van der Waals surface area (Å²) in [6.45, 7) is 4.46. The minimum atomic E-state index is -0.102. The molecule has 1 aliphatic heterocycles. The monoisotopic (exact) mass is 233 g/mol. The van der Waals surface area contributed by atoms with Gasteiger partial charge >= 0.3 is 5.97 Å². The standard InChI is InChI=1S/C14H19NO2/c1-4-17-14(16)9-12-10(2)15(3)13-8-6-5-7-11(12)13/h5-8,10,12H,4,9H2,1-3H3. The van der Waals surface area contributed by atoms with Crippen molar-refractivity contribution in [3.8, 4) is 0 Å². The molecule has 0 saturated carbocycles. The molecule has 3 nitrogen and oxygen atoms in total. The highest BCUT2D eigenvalue weighted by Gasteiger charge is 2.34. The largest absolute Gasteiger partial charge is 0.466 e. The number of nitrogens with zero attached hydrogens (tertiary/aromatic N) is 1. The fourth-order valence-electron chi connectivity index (χ4n) is 2.55. The number of hydrogen-bond donors (Lipinski definition) is 0. The Balaban J connectivity index is 2.21. The van der Waals surface area contributed by atoms with E-state index in [1.165, 1.54) is 11.3 Å². The van der Waals surface area contributed by atoms with Crippen molar-refractivity contribution >= 4 is 11.7 Å². The van der Waals surface area contributed by atoms with Gasteiger partial charge in [0.25, 0.3) is 0 Å². The van der Waals surface area contributed by atoms with E-state index < -0.39 is 0 Å². The second-order valence-electron chi connectivity index (χ2n) is 4.53. The van der Waals surface area contributed by atoms with Gasteiger partial charge in [0, 0.05) is 24.7 Å². The van der Waals surface area contributed by atoms with Crippen LogP contribution >= 0.6 is 0 Å². The highest BCUT2D eigenvalue weighted by atomic mass is 16.5. The van der Waals surface area contributed by atoms with E-state index in [4.69, 9.17) is 4.74 Å². The molecule has 0 spiro atoms. The fraction of sp³-hybridized carbons (Fsp3) is 0.500. The Morgan fingerprint density at radius 3 is 2.82 bits per heavy atom. The Bertz CT molecular complexity index is 416. The number of hydrogen-bond acceptors (Lipinski definition) is 3. The molecule has 0 amide bonds. The van der Waals surface area contributed by atoms with Crippen LogP contribution in [0.15, 0.2) is 24.3 Å². The Kier molecular flexibility index (Phi) is 3.36. The Morgan fingerprint density at radius 2 is 2.12 bits per heavy atom. The summed E-state index contributed by atoms with van der Waals surface area (Å²) in [6, 6.07) is 8.63. The first-order valence-electron chi connectivity index (χ1n) is 6.12. The zero-order valence-corrected chi connectivity index (χ0v) is 10.6. The van der Waals surface area contributed by atoms with Crippen LogP contribution in [0.25, 0.3) is 0 Å². The van der Waals surface area contributed by atoms with E-state index in [0.29, 0.717) is 19.1 Å². The lowest BCUT2D eigenvalue weighted by Crippen LogP contribution is -2.28. The summed E-state index contributed by atoms with van der Waals surface area (Å²) >= 11 is 0. The zero-order chi connectivity index (χ0) is 12.4. The van der Waals surface area contributed by atoms with Crippen LogP contribution in [0, 0.1) is 0 Å². The molecule has 2 rings (SSSR count). The highest BCUT2D eigenvalue weighted by Crippen LogP contribution is 2.41. The van der Waals surface area contributed by atoms with Crippen molar-refractivity contribution in [3.05, 3.63) is 29.8 Å². The summed E-state index contributed by atoms with van der Waals surface area (Å²) in [5.41, 5.74) is 2.49. The minimum absolute atomic E-state index is 0.102. The molecule has 0 aromatic heterocycles. The number of likely N-dealkylation sites (N-methyl/N-ethyl adjacent to an activating group) is 1. The predicted octanol–water partition coefficient (Wildman–Crippen LogP) is 2.56. The van der Waals surface area contributed by atoms with Gasteiger partial charge in [-0.3, -0.25) is 4.79 Å². The molecule has 0 radical (unpaired) electrons. The van der Waals surface area contributed by atoms with Crippen LogP contribution in [0.1, 0.15) is 31.7 Å². The van der Waals surface area contributed by atoms with Gasteiger partial charge in [0.05, 0.1) is 13.0 Å². The molecular weight excluding hydrogens is 214 g/mol. The van der Waals surface area contributed by atoms with E-state index in [1.807, 2.05) is 19.1 Å².